The van der Waals surface area contributed by atoms with Crippen LogP contribution in [0.25, 0.3) is 11.1 Å². The lowest BCUT2D eigenvalue weighted by atomic mass is 9.91. The number of amides is 2. The third-order valence-corrected chi connectivity index (χ3v) is 6.27. The Morgan fingerprint density at radius 3 is 2.06 bits per heavy atom. The Labute approximate surface area is 200 Å². The Morgan fingerprint density at radius 1 is 0.971 bits per heavy atom. The van der Waals surface area contributed by atoms with Gasteiger partial charge in [-0.3, -0.25) is 4.79 Å². The molecule has 1 unspecified atom stereocenters. The van der Waals surface area contributed by atoms with Crippen molar-refractivity contribution >= 4 is 18.0 Å². The highest BCUT2D eigenvalue weighted by molar-refractivity contribution is 5.87. The Kier molecular flexibility index (Phi) is 7.97. The number of carboxylic acid groups (broad SMARTS) is 1. The van der Waals surface area contributed by atoms with Gasteiger partial charge in [0.2, 0.25) is 5.91 Å². The molecular formula is C27H34N2O5. The molecule has 0 aliphatic heterocycles. The molecule has 1 aliphatic carbocycles. The summed E-state index contributed by atoms with van der Waals surface area (Å²) in [6.45, 7) is 7.53. The summed E-state index contributed by atoms with van der Waals surface area (Å²) < 4.78 is 5.52. The number of fused-ring (bicyclic) bond motifs is 3. The van der Waals surface area contributed by atoms with Crippen LogP contribution in [0.2, 0.25) is 0 Å². The summed E-state index contributed by atoms with van der Waals surface area (Å²) in [7, 11) is 0. The minimum atomic E-state index is -1.06. The van der Waals surface area contributed by atoms with Gasteiger partial charge < -0.3 is 20.5 Å². The number of hydrogen-bond acceptors (Lipinski definition) is 4. The summed E-state index contributed by atoms with van der Waals surface area (Å²) in [5, 5.41) is 14.7. The Balaban J connectivity index is 1.54. The largest absolute Gasteiger partial charge is 0.480 e. The average molecular weight is 467 g/mol. The number of alkyl carbamates (subject to hydrolysis) is 1. The minimum absolute atomic E-state index is 0.0199. The summed E-state index contributed by atoms with van der Waals surface area (Å²) in [5.74, 6) is -1.20. The number of rotatable bonds is 10. The van der Waals surface area contributed by atoms with Crippen LogP contribution in [0.3, 0.4) is 0 Å². The molecule has 2 aromatic carbocycles. The highest BCUT2D eigenvalue weighted by Crippen LogP contribution is 2.44. The summed E-state index contributed by atoms with van der Waals surface area (Å²) in [5.41, 5.74) is 3.54. The molecule has 0 saturated carbocycles. The lowest BCUT2D eigenvalue weighted by Gasteiger charge is -2.26. The highest BCUT2D eigenvalue weighted by Gasteiger charge is 2.33. The van der Waals surface area contributed by atoms with E-state index in [-0.39, 0.29) is 19.1 Å². The van der Waals surface area contributed by atoms with Crippen molar-refractivity contribution in [1.29, 1.82) is 0 Å². The van der Waals surface area contributed by atoms with E-state index in [4.69, 9.17) is 4.74 Å². The van der Waals surface area contributed by atoms with Crippen molar-refractivity contribution in [2.45, 2.75) is 52.5 Å². The van der Waals surface area contributed by atoms with Gasteiger partial charge in [0, 0.05) is 12.5 Å². The molecule has 1 atom stereocenters. The molecule has 3 N–H and O–H groups in total. The van der Waals surface area contributed by atoms with Gasteiger partial charge in [-0.2, -0.15) is 0 Å². The number of carbonyl (C=O) groups excluding carboxylic acids is 2. The number of carboxylic acids is 1. The first-order chi connectivity index (χ1) is 16.1. The van der Waals surface area contributed by atoms with Gasteiger partial charge in [0.1, 0.15) is 12.6 Å². The van der Waals surface area contributed by atoms with Crippen LogP contribution < -0.4 is 10.6 Å². The molecule has 182 valence electrons. The predicted octanol–water partition coefficient (Wildman–Crippen LogP) is 4.56. The van der Waals surface area contributed by atoms with Crippen LogP contribution in [0, 0.1) is 11.3 Å². The minimum Gasteiger partial charge on any atom is -0.480 e. The van der Waals surface area contributed by atoms with E-state index >= 15 is 0 Å². The Morgan fingerprint density at radius 2 is 1.53 bits per heavy atom. The van der Waals surface area contributed by atoms with E-state index in [9.17, 15) is 19.5 Å². The van der Waals surface area contributed by atoms with Crippen LogP contribution in [0.1, 0.15) is 57.6 Å². The number of benzene rings is 2. The van der Waals surface area contributed by atoms with E-state index < -0.39 is 29.4 Å². The molecule has 2 aromatic rings. The van der Waals surface area contributed by atoms with Crippen molar-refractivity contribution < 1.29 is 24.2 Å². The molecule has 7 nitrogen and oxygen atoms in total. The molecule has 0 bridgehead atoms. The molecule has 0 saturated heterocycles. The second-order valence-electron chi connectivity index (χ2n) is 9.90. The van der Waals surface area contributed by atoms with Gasteiger partial charge in [-0.05, 0) is 54.9 Å². The van der Waals surface area contributed by atoms with Crippen LogP contribution in [0.5, 0.6) is 0 Å². The third kappa shape index (κ3) is 5.95. The molecule has 0 aromatic heterocycles. The van der Waals surface area contributed by atoms with Crippen molar-refractivity contribution in [1.82, 2.24) is 10.6 Å². The summed E-state index contributed by atoms with van der Waals surface area (Å²) >= 11 is 0. The molecule has 1 aliphatic rings. The number of ether oxygens (including phenoxy) is 1. The summed E-state index contributed by atoms with van der Waals surface area (Å²) in [6, 6.07) is 15.2. The number of aliphatic carboxylic acids is 1. The average Bonchev–Trinajstić information content (AvgIpc) is 3.12. The second-order valence-corrected chi connectivity index (χ2v) is 9.90. The van der Waals surface area contributed by atoms with Crippen molar-refractivity contribution in [3.63, 3.8) is 0 Å². The maximum atomic E-state index is 12.7. The quantitative estimate of drug-likeness (QED) is 0.476. The lowest BCUT2D eigenvalue weighted by Crippen LogP contribution is -2.50. The van der Waals surface area contributed by atoms with Gasteiger partial charge in [0.05, 0.1) is 5.41 Å². The molecule has 3 rings (SSSR count). The van der Waals surface area contributed by atoms with Crippen LogP contribution in [-0.4, -0.2) is 42.3 Å². The van der Waals surface area contributed by atoms with Crippen LogP contribution in [0.4, 0.5) is 4.79 Å². The SMILES string of the molecule is CC(C)CCC(NC(=O)C(C)(C)CNC(=O)OCC1c2ccccc2-c2ccccc21)C(=O)O. The van der Waals surface area contributed by atoms with E-state index in [1.54, 1.807) is 13.8 Å². The van der Waals surface area contributed by atoms with Gasteiger partial charge in [-0.25, -0.2) is 9.59 Å². The van der Waals surface area contributed by atoms with Crippen LogP contribution in [0.15, 0.2) is 48.5 Å². The first-order valence-corrected chi connectivity index (χ1v) is 11.7. The number of carbonyl (C=O) groups is 3. The molecule has 0 fully saturated rings. The zero-order chi connectivity index (χ0) is 24.9. The highest BCUT2D eigenvalue weighted by atomic mass is 16.5. The van der Waals surface area contributed by atoms with Gasteiger partial charge >= 0.3 is 12.1 Å². The van der Waals surface area contributed by atoms with Gasteiger partial charge in [-0.15, -0.1) is 0 Å². The molecular weight excluding hydrogens is 432 g/mol. The van der Waals surface area contributed by atoms with Crippen molar-refractivity contribution in [2.75, 3.05) is 13.2 Å². The Bertz CT molecular complexity index is 1000. The summed E-state index contributed by atoms with van der Waals surface area (Å²) in [6.07, 6.45) is 0.432. The Hall–Kier alpha value is -3.35. The normalized spacial score (nSPS) is 13.7. The molecule has 0 heterocycles. The summed E-state index contributed by atoms with van der Waals surface area (Å²) in [4.78, 5) is 36.7. The molecule has 2 amide bonds. The topological polar surface area (TPSA) is 105 Å². The fourth-order valence-electron chi connectivity index (χ4n) is 4.13. The maximum absolute atomic E-state index is 12.7. The zero-order valence-electron chi connectivity index (χ0n) is 20.3. The smallest absolute Gasteiger partial charge is 0.407 e. The molecule has 0 radical (unpaired) electrons. The van der Waals surface area contributed by atoms with Gasteiger partial charge in [0.25, 0.3) is 0 Å². The van der Waals surface area contributed by atoms with E-state index in [0.29, 0.717) is 18.8 Å². The first kappa shape index (κ1) is 25.3. The van der Waals surface area contributed by atoms with E-state index in [1.165, 1.54) is 0 Å². The van der Waals surface area contributed by atoms with Crippen molar-refractivity contribution in [3.8, 4) is 11.1 Å². The first-order valence-electron chi connectivity index (χ1n) is 11.7. The fraction of sp³-hybridized carbons (Fsp3) is 0.444. The van der Waals surface area contributed by atoms with Gasteiger partial charge in [0.15, 0.2) is 0 Å². The van der Waals surface area contributed by atoms with E-state index in [0.717, 1.165) is 22.3 Å². The monoisotopic (exact) mass is 466 g/mol. The van der Waals surface area contributed by atoms with Crippen molar-refractivity contribution in [3.05, 3.63) is 59.7 Å². The third-order valence-electron chi connectivity index (χ3n) is 6.27. The standard InChI is InChI=1S/C27H34N2O5/c1-17(2)13-14-23(24(30)31)29-25(32)27(3,4)16-28-26(33)34-15-22-20-11-7-5-9-18(20)19-10-6-8-12-21(19)22/h5-12,17,22-23H,13-16H2,1-4H3,(H,28,33)(H,29,32)(H,30,31). The molecule has 7 heteroatoms. The lowest BCUT2D eigenvalue weighted by molar-refractivity contribution is -0.143. The zero-order valence-corrected chi connectivity index (χ0v) is 20.3. The van der Waals surface area contributed by atoms with E-state index in [2.05, 4.69) is 22.8 Å². The fourth-order valence-corrected chi connectivity index (χ4v) is 4.13. The van der Waals surface area contributed by atoms with Crippen LogP contribution in [-0.2, 0) is 14.3 Å². The maximum Gasteiger partial charge on any atom is 0.407 e. The van der Waals surface area contributed by atoms with Crippen LogP contribution >= 0.6 is 0 Å². The number of nitrogens with one attached hydrogen (secondary N) is 2. The predicted molar refractivity (Wildman–Crippen MR) is 130 cm³/mol. The molecule has 34 heavy (non-hydrogen) atoms. The van der Waals surface area contributed by atoms with Crippen molar-refractivity contribution in [2.24, 2.45) is 11.3 Å². The number of hydrogen-bond donors (Lipinski definition) is 3. The second kappa shape index (κ2) is 10.7. The van der Waals surface area contributed by atoms with Gasteiger partial charge in [-0.1, -0.05) is 62.4 Å². The molecule has 0 spiro atoms. The van der Waals surface area contributed by atoms with E-state index in [1.807, 2.05) is 50.2 Å².